The fourth-order valence-electron chi connectivity index (χ4n) is 5.17. The van der Waals surface area contributed by atoms with Crippen molar-refractivity contribution in [2.45, 2.75) is 58.7 Å². The molecule has 0 unspecified atom stereocenters. The third kappa shape index (κ3) is 6.95. The molecule has 0 spiro atoms. The lowest BCUT2D eigenvalue weighted by Crippen LogP contribution is -2.47. The lowest BCUT2D eigenvalue weighted by Gasteiger charge is -2.30. The monoisotopic (exact) mass is 554 g/mol. The zero-order valence-corrected chi connectivity index (χ0v) is 23.9. The van der Waals surface area contributed by atoms with Crippen LogP contribution in [0.2, 0.25) is 0 Å². The lowest BCUT2D eigenvalue weighted by molar-refractivity contribution is -0.134. The Hall–Kier alpha value is -4.17. The molecule has 0 bridgehead atoms. The van der Waals surface area contributed by atoms with Crippen LogP contribution in [0.25, 0.3) is 11.3 Å². The van der Waals surface area contributed by atoms with Gasteiger partial charge in [0.2, 0.25) is 5.91 Å². The minimum Gasteiger partial charge on any atom is -0.385 e. The number of aryl methyl sites for hydroxylation is 1. The topological polar surface area (TPSA) is 88.2 Å². The van der Waals surface area contributed by atoms with Crippen LogP contribution >= 0.6 is 0 Å². The van der Waals surface area contributed by atoms with Gasteiger partial charge in [-0.2, -0.15) is 0 Å². The van der Waals surface area contributed by atoms with Gasteiger partial charge in [0.25, 0.3) is 0 Å². The highest BCUT2D eigenvalue weighted by molar-refractivity contribution is 5.82. The molecule has 4 N–H and O–H groups in total. The van der Waals surface area contributed by atoms with Gasteiger partial charge in [0.15, 0.2) is 0 Å². The zero-order chi connectivity index (χ0) is 28.8. The van der Waals surface area contributed by atoms with Crippen molar-refractivity contribution in [3.05, 3.63) is 95.6 Å². The summed E-state index contributed by atoms with van der Waals surface area (Å²) in [4.78, 5) is 20.1. The molecule has 3 aromatic carbocycles. The van der Waals surface area contributed by atoms with Crippen molar-refractivity contribution in [1.82, 2.24) is 14.5 Å². The van der Waals surface area contributed by atoms with Gasteiger partial charge in [0, 0.05) is 36.6 Å². The van der Waals surface area contributed by atoms with E-state index in [9.17, 15) is 9.18 Å². The number of carbonyl (C=O) groups is 1. The Morgan fingerprint density at radius 1 is 0.976 bits per heavy atom. The predicted molar refractivity (Wildman–Crippen MR) is 164 cm³/mol. The van der Waals surface area contributed by atoms with Gasteiger partial charge in [-0.15, -0.1) is 0 Å². The van der Waals surface area contributed by atoms with Gasteiger partial charge in [-0.1, -0.05) is 49.6 Å². The van der Waals surface area contributed by atoms with E-state index in [0.29, 0.717) is 26.1 Å². The predicted octanol–water partition coefficient (Wildman–Crippen LogP) is 6.26. The molecule has 7 nitrogen and oxygen atoms in total. The lowest BCUT2D eigenvalue weighted by atomic mass is 10.0. The number of nitrogens with zero attached hydrogens (tertiary/aromatic N) is 3. The number of halogens is 1. The van der Waals surface area contributed by atoms with E-state index in [2.05, 4.69) is 34.3 Å². The molecule has 2 heterocycles. The average molecular weight is 555 g/mol. The number of benzene rings is 3. The van der Waals surface area contributed by atoms with Crippen molar-refractivity contribution in [2.75, 3.05) is 23.7 Å². The van der Waals surface area contributed by atoms with E-state index in [4.69, 9.17) is 10.7 Å². The Morgan fingerprint density at radius 3 is 2.39 bits per heavy atom. The first-order valence-electron chi connectivity index (χ1n) is 14.5. The largest absolute Gasteiger partial charge is 0.385 e. The standard InChI is InChI=1S/C33H39FN6O/c1-3-4-5-18-36-27-16-8-24(9-17-27)21-29(35)33(41)39-19-20-40-30(22-39)38-31(25-10-12-26(34)13-11-25)32(40)37-28-14-6-23(2)7-15-28/h6-17,29,36-37H,3-5,18-22,35H2,1-2H3/t29-/m0/s1. The molecule has 1 atom stereocenters. The number of aromatic nitrogens is 2. The van der Waals surface area contributed by atoms with Crippen molar-refractivity contribution in [3.8, 4) is 11.3 Å². The second kappa shape index (κ2) is 13.0. The van der Waals surface area contributed by atoms with Gasteiger partial charge in [-0.25, -0.2) is 9.37 Å². The van der Waals surface area contributed by atoms with Crippen molar-refractivity contribution < 1.29 is 9.18 Å². The summed E-state index contributed by atoms with van der Waals surface area (Å²) in [5.41, 5.74) is 12.2. The summed E-state index contributed by atoms with van der Waals surface area (Å²) in [5.74, 6) is 1.21. The van der Waals surface area contributed by atoms with Gasteiger partial charge in [-0.05, 0) is 73.9 Å². The molecule has 1 aliphatic rings. The highest BCUT2D eigenvalue weighted by Crippen LogP contribution is 2.33. The van der Waals surface area contributed by atoms with Crippen LogP contribution in [0.15, 0.2) is 72.8 Å². The number of rotatable bonds is 11. The van der Waals surface area contributed by atoms with E-state index >= 15 is 0 Å². The first kappa shape index (κ1) is 28.4. The maximum absolute atomic E-state index is 13.7. The number of amides is 1. The Balaban J connectivity index is 1.29. The maximum atomic E-state index is 13.7. The number of imidazole rings is 1. The van der Waals surface area contributed by atoms with E-state index in [-0.39, 0.29) is 11.7 Å². The van der Waals surface area contributed by atoms with Crippen LogP contribution in [-0.2, 0) is 24.3 Å². The summed E-state index contributed by atoms with van der Waals surface area (Å²) < 4.78 is 15.8. The smallest absolute Gasteiger partial charge is 0.240 e. The number of hydrogen-bond donors (Lipinski definition) is 3. The second-order valence-corrected chi connectivity index (χ2v) is 10.8. The first-order valence-corrected chi connectivity index (χ1v) is 14.5. The number of fused-ring (bicyclic) bond motifs is 1. The zero-order valence-electron chi connectivity index (χ0n) is 23.9. The van der Waals surface area contributed by atoms with Crippen molar-refractivity contribution >= 4 is 23.1 Å². The SMILES string of the molecule is CCCCCNc1ccc(C[C@H](N)C(=O)N2CCn3c(nc(-c4ccc(F)cc4)c3Nc3ccc(C)cc3)C2)cc1. The van der Waals surface area contributed by atoms with Crippen LogP contribution in [0.4, 0.5) is 21.6 Å². The van der Waals surface area contributed by atoms with Gasteiger partial charge < -0.3 is 25.8 Å². The van der Waals surface area contributed by atoms with Crippen molar-refractivity contribution in [1.29, 1.82) is 0 Å². The minimum atomic E-state index is -0.637. The van der Waals surface area contributed by atoms with Gasteiger partial charge in [0.1, 0.15) is 23.2 Å². The molecule has 41 heavy (non-hydrogen) atoms. The minimum absolute atomic E-state index is 0.0857. The third-order valence-electron chi connectivity index (χ3n) is 7.55. The van der Waals surface area contributed by atoms with E-state index in [1.54, 1.807) is 17.0 Å². The summed E-state index contributed by atoms with van der Waals surface area (Å²) in [7, 11) is 0. The van der Waals surface area contributed by atoms with E-state index in [0.717, 1.165) is 52.8 Å². The highest BCUT2D eigenvalue weighted by atomic mass is 19.1. The Labute approximate surface area is 241 Å². The molecule has 1 aliphatic heterocycles. The van der Waals surface area contributed by atoms with Crippen LogP contribution in [0.3, 0.4) is 0 Å². The molecule has 0 saturated heterocycles. The molecule has 4 aromatic rings. The van der Waals surface area contributed by atoms with Gasteiger partial charge in [0.05, 0.1) is 12.6 Å². The van der Waals surface area contributed by atoms with E-state index < -0.39 is 6.04 Å². The van der Waals surface area contributed by atoms with Crippen molar-refractivity contribution in [3.63, 3.8) is 0 Å². The van der Waals surface area contributed by atoms with Crippen molar-refractivity contribution in [2.24, 2.45) is 5.73 Å². The Morgan fingerprint density at radius 2 is 1.68 bits per heavy atom. The number of unbranched alkanes of at least 4 members (excludes halogenated alkanes) is 2. The molecule has 8 heteroatoms. The highest BCUT2D eigenvalue weighted by Gasteiger charge is 2.29. The Kier molecular flexibility index (Phi) is 8.99. The molecule has 0 aliphatic carbocycles. The number of carbonyl (C=O) groups excluding carboxylic acids is 1. The van der Waals surface area contributed by atoms with Crippen LogP contribution in [0.5, 0.6) is 0 Å². The summed E-state index contributed by atoms with van der Waals surface area (Å²) in [5, 5.41) is 6.96. The molecule has 214 valence electrons. The Bertz CT molecular complexity index is 1450. The summed E-state index contributed by atoms with van der Waals surface area (Å²) >= 11 is 0. The van der Waals surface area contributed by atoms with Gasteiger partial charge >= 0.3 is 0 Å². The van der Waals surface area contributed by atoms with E-state index in [1.165, 1.54) is 30.5 Å². The van der Waals surface area contributed by atoms with Crippen LogP contribution < -0.4 is 16.4 Å². The molecule has 1 amide bonds. The van der Waals surface area contributed by atoms with E-state index in [1.807, 2.05) is 43.3 Å². The molecule has 0 radical (unpaired) electrons. The normalized spacial score (nSPS) is 13.5. The maximum Gasteiger partial charge on any atom is 0.240 e. The van der Waals surface area contributed by atoms with Crippen LogP contribution in [0, 0.1) is 12.7 Å². The third-order valence-corrected chi connectivity index (χ3v) is 7.55. The fourth-order valence-corrected chi connectivity index (χ4v) is 5.17. The number of nitrogens with one attached hydrogen (secondary N) is 2. The quantitative estimate of drug-likeness (QED) is 0.191. The summed E-state index contributed by atoms with van der Waals surface area (Å²) in [6, 6.07) is 22.0. The molecular formula is C33H39FN6O. The summed E-state index contributed by atoms with van der Waals surface area (Å²) in [6.07, 6.45) is 4.05. The fraction of sp³-hybridized carbons (Fsp3) is 0.333. The van der Waals surface area contributed by atoms with Crippen LogP contribution in [-0.4, -0.2) is 39.5 Å². The molecular weight excluding hydrogens is 515 g/mol. The van der Waals surface area contributed by atoms with Gasteiger partial charge in [-0.3, -0.25) is 4.79 Å². The number of anilines is 3. The average Bonchev–Trinajstić information content (AvgIpc) is 3.34. The summed E-state index contributed by atoms with van der Waals surface area (Å²) in [6.45, 7) is 6.67. The molecule has 0 saturated carbocycles. The van der Waals surface area contributed by atoms with Crippen LogP contribution in [0.1, 0.15) is 43.1 Å². The first-order chi connectivity index (χ1) is 19.9. The molecule has 1 aromatic heterocycles. The second-order valence-electron chi connectivity index (χ2n) is 10.8. The number of hydrogen-bond acceptors (Lipinski definition) is 5. The number of nitrogens with two attached hydrogens (primary N) is 1. The molecule has 5 rings (SSSR count). The molecule has 0 fully saturated rings.